The Labute approximate surface area is 124 Å². The van der Waals surface area contributed by atoms with Crippen LogP contribution in [-0.4, -0.2) is 18.4 Å². The zero-order valence-electron chi connectivity index (χ0n) is 11.6. The first-order valence-corrected chi connectivity index (χ1v) is 7.11. The molecule has 1 aromatic rings. The Kier molecular flexibility index (Phi) is 3.80. The van der Waals surface area contributed by atoms with Crippen molar-refractivity contribution < 1.29 is 27.5 Å². The van der Waals surface area contributed by atoms with Crippen LogP contribution in [0.4, 0.5) is 18.9 Å². The SMILES string of the molecule is O=C1C2CCCCC2C(=O)N1c1ccc(F)cc1OC(F)F. The van der Waals surface area contributed by atoms with Gasteiger partial charge in [-0.15, -0.1) is 0 Å². The third-order valence-corrected chi connectivity index (χ3v) is 4.22. The summed E-state index contributed by atoms with van der Waals surface area (Å²) in [5, 5.41) is 0. The molecule has 0 bridgehead atoms. The second-order valence-electron chi connectivity index (χ2n) is 5.50. The molecular formula is C15H14F3NO3. The van der Waals surface area contributed by atoms with E-state index in [0.29, 0.717) is 12.8 Å². The molecule has 2 unspecified atom stereocenters. The van der Waals surface area contributed by atoms with Crippen LogP contribution in [-0.2, 0) is 9.59 Å². The molecule has 1 aliphatic carbocycles. The molecular weight excluding hydrogens is 299 g/mol. The predicted octanol–water partition coefficient (Wildman–Crippen LogP) is 3.11. The van der Waals surface area contributed by atoms with E-state index >= 15 is 0 Å². The Morgan fingerprint density at radius 2 is 1.68 bits per heavy atom. The van der Waals surface area contributed by atoms with Crippen molar-refractivity contribution in [3.63, 3.8) is 0 Å². The van der Waals surface area contributed by atoms with Gasteiger partial charge >= 0.3 is 6.61 Å². The molecule has 4 nitrogen and oxygen atoms in total. The number of benzene rings is 1. The molecule has 22 heavy (non-hydrogen) atoms. The number of nitrogens with zero attached hydrogens (tertiary/aromatic N) is 1. The highest BCUT2D eigenvalue weighted by Crippen LogP contribution is 2.42. The fourth-order valence-electron chi connectivity index (χ4n) is 3.26. The lowest BCUT2D eigenvalue weighted by Crippen LogP contribution is -2.31. The Morgan fingerprint density at radius 1 is 1.09 bits per heavy atom. The second-order valence-corrected chi connectivity index (χ2v) is 5.50. The molecule has 1 heterocycles. The van der Waals surface area contributed by atoms with Crippen LogP contribution in [0, 0.1) is 17.7 Å². The maximum atomic E-state index is 13.3. The summed E-state index contributed by atoms with van der Waals surface area (Å²) in [4.78, 5) is 25.8. The second kappa shape index (κ2) is 5.62. The number of hydrogen-bond donors (Lipinski definition) is 0. The van der Waals surface area contributed by atoms with E-state index in [2.05, 4.69) is 4.74 Å². The Balaban J connectivity index is 2.00. The average Bonchev–Trinajstić information content (AvgIpc) is 2.72. The zero-order chi connectivity index (χ0) is 15.9. The van der Waals surface area contributed by atoms with Gasteiger partial charge in [-0.25, -0.2) is 9.29 Å². The summed E-state index contributed by atoms with van der Waals surface area (Å²) in [5.74, 6) is -2.94. The largest absolute Gasteiger partial charge is 0.432 e. The standard InChI is InChI=1S/C15H14F3NO3/c16-8-5-6-11(12(7-8)22-15(17)18)19-13(20)9-3-1-2-4-10(9)14(19)21/h5-7,9-10,15H,1-4H2. The maximum absolute atomic E-state index is 13.3. The Morgan fingerprint density at radius 3 is 2.23 bits per heavy atom. The van der Waals surface area contributed by atoms with E-state index in [1.807, 2.05) is 0 Å². The molecule has 1 saturated carbocycles. The lowest BCUT2D eigenvalue weighted by molar-refractivity contribution is -0.122. The van der Waals surface area contributed by atoms with Crippen LogP contribution in [0.5, 0.6) is 5.75 Å². The first-order chi connectivity index (χ1) is 10.5. The van der Waals surface area contributed by atoms with E-state index in [1.54, 1.807) is 0 Å². The maximum Gasteiger partial charge on any atom is 0.387 e. The number of carbonyl (C=O) groups is 2. The van der Waals surface area contributed by atoms with Crippen molar-refractivity contribution in [3.8, 4) is 5.75 Å². The molecule has 2 fully saturated rings. The van der Waals surface area contributed by atoms with Crippen molar-refractivity contribution >= 4 is 17.5 Å². The first-order valence-electron chi connectivity index (χ1n) is 7.11. The topological polar surface area (TPSA) is 46.6 Å². The van der Waals surface area contributed by atoms with E-state index in [4.69, 9.17) is 0 Å². The zero-order valence-corrected chi connectivity index (χ0v) is 11.6. The van der Waals surface area contributed by atoms with Crippen LogP contribution < -0.4 is 9.64 Å². The van der Waals surface area contributed by atoms with Crippen molar-refractivity contribution in [2.24, 2.45) is 11.8 Å². The van der Waals surface area contributed by atoms with Crippen molar-refractivity contribution in [1.82, 2.24) is 0 Å². The van der Waals surface area contributed by atoms with Gasteiger partial charge in [-0.2, -0.15) is 8.78 Å². The molecule has 118 valence electrons. The molecule has 0 N–H and O–H groups in total. The molecule has 1 aliphatic heterocycles. The normalized spacial score (nSPS) is 24.8. The van der Waals surface area contributed by atoms with Crippen LogP contribution >= 0.6 is 0 Å². The smallest absolute Gasteiger partial charge is 0.387 e. The van der Waals surface area contributed by atoms with Gasteiger partial charge in [0.2, 0.25) is 11.8 Å². The van der Waals surface area contributed by atoms with Crippen LogP contribution in [0.2, 0.25) is 0 Å². The summed E-state index contributed by atoms with van der Waals surface area (Å²) in [6.45, 7) is -3.17. The molecule has 0 radical (unpaired) electrons. The number of rotatable bonds is 3. The molecule has 7 heteroatoms. The van der Waals surface area contributed by atoms with Gasteiger partial charge in [-0.05, 0) is 25.0 Å². The highest BCUT2D eigenvalue weighted by molar-refractivity contribution is 6.22. The van der Waals surface area contributed by atoms with Gasteiger partial charge in [0, 0.05) is 6.07 Å². The molecule has 0 spiro atoms. The van der Waals surface area contributed by atoms with E-state index in [0.717, 1.165) is 35.9 Å². The number of anilines is 1. The number of alkyl halides is 2. The summed E-state index contributed by atoms with van der Waals surface area (Å²) in [6, 6.07) is 2.89. The molecule has 3 rings (SSSR count). The summed E-state index contributed by atoms with van der Waals surface area (Å²) < 4.78 is 42.5. The number of amides is 2. The van der Waals surface area contributed by atoms with Crippen LogP contribution in [0.15, 0.2) is 18.2 Å². The predicted molar refractivity (Wildman–Crippen MR) is 71.0 cm³/mol. The third kappa shape index (κ3) is 2.44. The van der Waals surface area contributed by atoms with Gasteiger partial charge < -0.3 is 4.74 Å². The summed E-state index contributed by atoms with van der Waals surface area (Å²) in [6.07, 6.45) is 2.94. The van der Waals surface area contributed by atoms with Crippen molar-refractivity contribution in [1.29, 1.82) is 0 Å². The van der Waals surface area contributed by atoms with Crippen molar-refractivity contribution in [2.75, 3.05) is 4.90 Å². The summed E-state index contributed by atoms with van der Waals surface area (Å²) in [5.41, 5.74) is -0.119. The monoisotopic (exact) mass is 313 g/mol. The van der Waals surface area contributed by atoms with Gasteiger partial charge in [0.1, 0.15) is 5.82 Å². The highest BCUT2D eigenvalue weighted by atomic mass is 19.3. The van der Waals surface area contributed by atoms with Gasteiger partial charge in [-0.1, -0.05) is 12.8 Å². The number of fused-ring (bicyclic) bond motifs is 1. The van der Waals surface area contributed by atoms with Gasteiger partial charge in [0.05, 0.1) is 17.5 Å². The molecule has 0 aromatic heterocycles. The fourth-order valence-corrected chi connectivity index (χ4v) is 3.26. The highest BCUT2D eigenvalue weighted by Gasteiger charge is 2.49. The average molecular weight is 313 g/mol. The lowest BCUT2D eigenvalue weighted by Gasteiger charge is -2.19. The fraction of sp³-hybridized carbons (Fsp3) is 0.467. The minimum Gasteiger partial charge on any atom is -0.432 e. The van der Waals surface area contributed by atoms with Gasteiger partial charge in [0.15, 0.2) is 5.75 Å². The van der Waals surface area contributed by atoms with E-state index in [1.165, 1.54) is 0 Å². The van der Waals surface area contributed by atoms with E-state index in [9.17, 15) is 22.8 Å². The first kappa shape index (κ1) is 14.9. The Hall–Kier alpha value is -2.05. The van der Waals surface area contributed by atoms with E-state index in [-0.39, 0.29) is 5.69 Å². The molecule has 2 atom stereocenters. The van der Waals surface area contributed by atoms with Gasteiger partial charge in [0.25, 0.3) is 0 Å². The summed E-state index contributed by atoms with van der Waals surface area (Å²) >= 11 is 0. The van der Waals surface area contributed by atoms with Crippen LogP contribution in [0.1, 0.15) is 25.7 Å². The van der Waals surface area contributed by atoms with Gasteiger partial charge in [-0.3, -0.25) is 9.59 Å². The number of carbonyl (C=O) groups excluding carboxylic acids is 2. The van der Waals surface area contributed by atoms with Crippen molar-refractivity contribution in [2.45, 2.75) is 32.3 Å². The van der Waals surface area contributed by atoms with Crippen LogP contribution in [0.25, 0.3) is 0 Å². The number of halogens is 3. The number of ether oxygens (including phenoxy) is 1. The van der Waals surface area contributed by atoms with Crippen molar-refractivity contribution in [3.05, 3.63) is 24.0 Å². The molecule has 1 saturated heterocycles. The minimum absolute atomic E-state index is 0.119. The number of hydrogen-bond acceptors (Lipinski definition) is 3. The lowest BCUT2D eigenvalue weighted by atomic mass is 9.81. The third-order valence-electron chi connectivity index (χ3n) is 4.22. The minimum atomic E-state index is -3.17. The quantitative estimate of drug-likeness (QED) is 0.806. The number of imide groups is 1. The Bertz CT molecular complexity index is 596. The molecule has 2 aliphatic rings. The molecule has 2 amide bonds. The van der Waals surface area contributed by atoms with Crippen LogP contribution in [0.3, 0.4) is 0 Å². The molecule has 1 aromatic carbocycles. The van der Waals surface area contributed by atoms with E-state index < -0.39 is 41.8 Å². The summed E-state index contributed by atoms with van der Waals surface area (Å²) in [7, 11) is 0.